The highest BCUT2D eigenvalue weighted by atomic mass is 32.2. The Hall–Kier alpha value is -2.80. The van der Waals surface area contributed by atoms with Crippen molar-refractivity contribution in [3.05, 3.63) is 45.4 Å². The topological polar surface area (TPSA) is 84.9 Å². The second-order valence-corrected chi connectivity index (χ2v) is 12.6. The van der Waals surface area contributed by atoms with Crippen LogP contribution in [0.5, 0.6) is 0 Å². The van der Waals surface area contributed by atoms with Crippen LogP contribution in [0, 0.1) is 19.7 Å². The number of benzene rings is 1. The first-order valence-corrected chi connectivity index (χ1v) is 14.5. The molecule has 1 amide bonds. The first-order valence-electron chi connectivity index (χ1n) is 12.9. The monoisotopic (exact) mass is 586 g/mol. The lowest BCUT2D eigenvalue weighted by atomic mass is 9.90. The molecular formula is C27H34F4N4O4S. The number of aryl methyl sites for hydroxylation is 2. The minimum absolute atomic E-state index is 0.0218. The summed E-state index contributed by atoms with van der Waals surface area (Å²) in [6.45, 7) is 10.9. The fraction of sp³-hybridized carbons (Fsp3) is 0.593. The van der Waals surface area contributed by atoms with E-state index in [4.69, 9.17) is 9.47 Å². The van der Waals surface area contributed by atoms with Gasteiger partial charge in [-0.2, -0.15) is 13.2 Å². The molecule has 220 valence electrons. The summed E-state index contributed by atoms with van der Waals surface area (Å²) in [4.78, 5) is 25.2. The van der Waals surface area contributed by atoms with Gasteiger partial charge in [0.2, 0.25) is 5.16 Å². The van der Waals surface area contributed by atoms with Crippen LogP contribution in [0.15, 0.2) is 11.2 Å². The standard InChI is InChI=1S/C27H34F4N4O4S/c1-14-10-15(2)22(28)20(21(14)27(29,30)31)19-11-18-17(13-38-19)23(33-24(32-18)40(7)37)34-8-9-35(16(3)12-34)25(36)39-26(4,5)6/h10,16,19H,8-9,11-13H2,1-7H3/t16-,19?,40?/m0/s1. The second kappa shape index (κ2) is 10.9. The first-order chi connectivity index (χ1) is 18.5. The molecule has 3 heterocycles. The van der Waals surface area contributed by atoms with Crippen LogP contribution in [0.3, 0.4) is 0 Å². The fourth-order valence-corrected chi connectivity index (χ4v) is 5.67. The van der Waals surface area contributed by atoms with Crippen molar-refractivity contribution in [3.63, 3.8) is 0 Å². The largest absolute Gasteiger partial charge is 0.444 e. The molecule has 2 aliphatic heterocycles. The number of amides is 1. The van der Waals surface area contributed by atoms with Gasteiger partial charge in [0.1, 0.15) is 17.2 Å². The summed E-state index contributed by atoms with van der Waals surface area (Å²) in [5.41, 5.74) is -1.34. The van der Waals surface area contributed by atoms with E-state index in [-0.39, 0.29) is 35.4 Å². The molecule has 2 unspecified atom stereocenters. The van der Waals surface area contributed by atoms with Crippen LogP contribution < -0.4 is 4.90 Å². The molecular weight excluding hydrogens is 552 g/mol. The van der Waals surface area contributed by atoms with Crippen molar-refractivity contribution < 1.29 is 36.0 Å². The quantitative estimate of drug-likeness (QED) is 0.359. The number of aromatic nitrogens is 2. The van der Waals surface area contributed by atoms with Crippen LogP contribution >= 0.6 is 0 Å². The molecule has 2 aromatic rings. The lowest BCUT2D eigenvalue weighted by Gasteiger charge is -2.41. The van der Waals surface area contributed by atoms with E-state index < -0.39 is 51.7 Å². The number of carbonyl (C=O) groups is 1. The summed E-state index contributed by atoms with van der Waals surface area (Å²) < 4.78 is 81.2. The smallest absolute Gasteiger partial charge is 0.417 e. The average molecular weight is 587 g/mol. The van der Waals surface area contributed by atoms with Crippen LogP contribution in [0.2, 0.25) is 0 Å². The van der Waals surface area contributed by atoms with Gasteiger partial charge in [0.25, 0.3) is 0 Å². The third-order valence-electron chi connectivity index (χ3n) is 6.95. The Balaban J connectivity index is 1.69. The molecule has 8 nitrogen and oxygen atoms in total. The van der Waals surface area contributed by atoms with Crippen LogP contribution in [0.1, 0.15) is 67.3 Å². The third kappa shape index (κ3) is 6.09. The number of anilines is 1. The lowest BCUT2D eigenvalue weighted by Crippen LogP contribution is -2.55. The van der Waals surface area contributed by atoms with Crippen molar-refractivity contribution in [1.82, 2.24) is 14.9 Å². The van der Waals surface area contributed by atoms with E-state index in [9.17, 15) is 22.2 Å². The number of hydrogen-bond acceptors (Lipinski definition) is 7. The molecule has 4 rings (SSSR count). The van der Waals surface area contributed by atoms with Gasteiger partial charge in [0.05, 0.1) is 34.8 Å². The Labute approximate surface area is 233 Å². The third-order valence-corrected chi connectivity index (χ3v) is 7.65. The van der Waals surface area contributed by atoms with E-state index in [1.807, 2.05) is 11.8 Å². The van der Waals surface area contributed by atoms with Gasteiger partial charge in [-0.15, -0.1) is 0 Å². The van der Waals surface area contributed by atoms with Crippen LogP contribution in [-0.4, -0.2) is 62.7 Å². The van der Waals surface area contributed by atoms with Crippen molar-refractivity contribution in [2.24, 2.45) is 0 Å². The Morgan fingerprint density at radius 2 is 1.82 bits per heavy atom. The zero-order chi connectivity index (χ0) is 29.7. The maximum Gasteiger partial charge on any atom is 0.417 e. The molecule has 0 bridgehead atoms. The van der Waals surface area contributed by atoms with Crippen molar-refractivity contribution in [1.29, 1.82) is 0 Å². The predicted octanol–water partition coefficient (Wildman–Crippen LogP) is 5.25. The zero-order valence-corrected chi connectivity index (χ0v) is 24.4. The Kier molecular flexibility index (Phi) is 8.21. The molecule has 2 aliphatic rings. The summed E-state index contributed by atoms with van der Waals surface area (Å²) in [5, 5.41) is 0.0218. The number of piperazine rings is 1. The van der Waals surface area contributed by atoms with Gasteiger partial charge >= 0.3 is 12.3 Å². The van der Waals surface area contributed by atoms with E-state index in [1.165, 1.54) is 26.2 Å². The number of halogens is 4. The number of ether oxygens (including phenoxy) is 2. The zero-order valence-electron chi connectivity index (χ0n) is 23.6. The number of alkyl halides is 3. The molecule has 1 aromatic heterocycles. The minimum Gasteiger partial charge on any atom is -0.444 e. The SMILES string of the molecule is Cc1cc(C)c(C(F)(F)F)c(C2Cc3nc(S(C)=O)nc(N4CCN(C(=O)OC(C)(C)C)[C@@H](C)C4)c3CO2)c1F. The highest BCUT2D eigenvalue weighted by molar-refractivity contribution is 7.84. The normalized spacial score (nSPS) is 20.8. The molecule has 0 spiro atoms. The van der Waals surface area contributed by atoms with Gasteiger partial charge in [-0.3, -0.25) is 4.21 Å². The van der Waals surface area contributed by atoms with Gasteiger partial charge in [0, 0.05) is 49.5 Å². The molecule has 40 heavy (non-hydrogen) atoms. The molecule has 0 radical (unpaired) electrons. The maximum atomic E-state index is 15.2. The molecule has 3 atom stereocenters. The lowest BCUT2D eigenvalue weighted by molar-refractivity contribution is -0.140. The highest BCUT2D eigenvalue weighted by Crippen LogP contribution is 2.43. The number of rotatable bonds is 3. The second-order valence-electron chi connectivity index (χ2n) is 11.3. The van der Waals surface area contributed by atoms with Crippen molar-refractivity contribution in [3.8, 4) is 0 Å². The van der Waals surface area contributed by atoms with Crippen LogP contribution in [0.4, 0.5) is 28.2 Å². The summed E-state index contributed by atoms with van der Waals surface area (Å²) in [7, 11) is -1.59. The predicted molar refractivity (Wildman–Crippen MR) is 141 cm³/mol. The van der Waals surface area contributed by atoms with Crippen molar-refractivity contribution >= 4 is 22.7 Å². The number of carbonyl (C=O) groups excluding carboxylic acids is 1. The number of nitrogens with zero attached hydrogens (tertiary/aromatic N) is 4. The van der Waals surface area contributed by atoms with Gasteiger partial charge in [-0.25, -0.2) is 19.2 Å². The summed E-state index contributed by atoms with van der Waals surface area (Å²) >= 11 is 0. The van der Waals surface area contributed by atoms with E-state index in [1.54, 1.807) is 25.7 Å². The average Bonchev–Trinajstić information content (AvgIpc) is 2.82. The molecule has 1 fully saturated rings. The van der Waals surface area contributed by atoms with Crippen molar-refractivity contribution in [2.45, 2.75) is 83.6 Å². The first kappa shape index (κ1) is 30.2. The summed E-state index contributed by atoms with van der Waals surface area (Å²) in [5.74, 6) is -0.520. The molecule has 0 saturated carbocycles. The number of hydrogen-bond donors (Lipinski definition) is 0. The van der Waals surface area contributed by atoms with Crippen molar-refractivity contribution in [2.75, 3.05) is 30.8 Å². The Bertz CT molecular complexity index is 1350. The van der Waals surface area contributed by atoms with E-state index in [0.29, 0.717) is 36.7 Å². The Morgan fingerprint density at radius 3 is 2.40 bits per heavy atom. The van der Waals surface area contributed by atoms with Gasteiger partial charge in [-0.1, -0.05) is 6.07 Å². The van der Waals surface area contributed by atoms with Gasteiger partial charge in [0.15, 0.2) is 0 Å². The van der Waals surface area contributed by atoms with Gasteiger partial charge in [-0.05, 0) is 52.7 Å². The fourth-order valence-electron chi connectivity index (χ4n) is 5.22. The van der Waals surface area contributed by atoms with E-state index in [2.05, 4.69) is 9.97 Å². The molecule has 0 N–H and O–H groups in total. The molecule has 0 aliphatic carbocycles. The summed E-state index contributed by atoms with van der Waals surface area (Å²) in [6.07, 6.45) is -5.19. The maximum absolute atomic E-state index is 15.2. The van der Waals surface area contributed by atoms with E-state index >= 15 is 4.39 Å². The van der Waals surface area contributed by atoms with Crippen LogP contribution in [-0.2, 0) is 39.5 Å². The number of fused-ring (bicyclic) bond motifs is 1. The van der Waals surface area contributed by atoms with Crippen LogP contribution in [0.25, 0.3) is 0 Å². The molecule has 13 heteroatoms. The van der Waals surface area contributed by atoms with Gasteiger partial charge < -0.3 is 19.3 Å². The Morgan fingerprint density at radius 1 is 1.15 bits per heavy atom. The molecule has 1 aromatic carbocycles. The summed E-state index contributed by atoms with van der Waals surface area (Å²) in [6, 6.07) is 0.926. The highest BCUT2D eigenvalue weighted by Gasteiger charge is 2.42. The molecule has 1 saturated heterocycles. The van der Waals surface area contributed by atoms with E-state index in [0.717, 1.165) is 0 Å². The minimum atomic E-state index is -4.78.